The van der Waals surface area contributed by atoms with Crippen molar-refractivity contribution in [1.82, 2.24) is 9.97 Å². The molecule has 0 bridgehead atoms. The van der Waals surface area contributed by atoms with Crippen LogP contribution in [0.15, 0.2) is 55.0 Å². The predicted molar refractivity (Wildman–Crippen MR) is 116 cm³/mol. The molecule has 2 N–H and O–H groups in total. The topological polar surface area (TPSA) is 72.5 Å². The average molecular weight is 393 g/mol. The van der Waals surface area contributed by atoms with Gasteiger partial charge in [0.05, 0.1) is 5.69 Å². The number of pyridine rings is 1. The molecule has 2 aromatic heterocycles. The number of nitrogens with zero attached hydrogens (tertiary/aromatic N) is 3. The molecule has 1 amide bonds. The van der Waals surface area contributed by atoms with Gasteiger partial charge in [-0.2, -0.15) is 0 Å². The number of benzene rings is 1. The molecule has 1 aliphatic rings. The van der Waals surface area contributed by atoms with E-state index in [1.165, 1.54) is 0 Å². The van der Waals surface area contributed by atoms with Crippen molar-refractivity contribution in [1.29, 1.82) is 0 Å². The lowest BCUT2D eigenvalue weighted by Crippen LogP contribution is -2.64. The van der Waals surface area contributed by atoms with Crippen LogP contribution < -0.4 is 9.80 Å². The number of carboxylic acid groups (broad SMARTS) is 1. The Morgan fingerprint density at radius 2 is 1.86 bits per heavy atom. The lowest BCUT2D eigenvalue weighted by atomic mass is 9.85. The Kier molecular flexibility index (Phi) is 5.43. The van der Waals surface area contributed by atoms with Gasteiger partial charge in [-0.3, -0.25) is 9.88 Å². The highest BCUT2D eigenvalue weighted by Crippen LogP contribution is 2.42. The van der Waals surface area contributed by atoms with Crippen molar-refractivity contribution in [2.45, 2.75) is 51.1 Å². The van der Waals surface area contributed by atoms with Gasteiger partial charge in [-0.1, -0.05) is 13.3 Å². The molecule has 152 valence electrons. The van der Waals surface area contributed by atoms with Crippen LogP contribution in [0.1, 0.15) is 45.4 Å². The molecule has 0 aliphatic heterocycles. The van der Waals surface area contributed by atoms with Crippen LogP contribution >= 0.6 is 0 Å². The van der Waals surface area contributed by atoms with E-state index in [0.717, 1.165) is 67.3 Å². The third-order valence-electron chi connectivity index (χ3n) is 5.98. The maximum atomic E-state index is 12.7. The zero-order valence-corrected chi connectivity index (χ0v) is 16.8. The van der Waals surface area contributed by atoms with E-state index in [0.29, 0.717) is 0 Å². The molecule has 1 aromatic carbocycles. The predicted octanol–water partition coefficient (Wildman–Crippen LogP) is 5.62. The highest BCUT2D eigenvalue weighted by atomic mass is 16.4. The summed E-state index contributed by atoms with van der Waals surface area (Å²) in [6, 6.07) is 11.8. The number of anilines is 2. The number of aromatic amines is 1. The quantitative estimate of drug-likeness (QED) is 0.534. The Bertz CT molecular complexity index is 963. The molecular formula is C23H28N4O2. The first-order valence-corrected chi connectivity index (χ1v) is 10.4. The van der Waals surface area contributed by atoms with Gasteiger partial charge in [-0.15, -0.1) is 0 Å². The molecule has 2 heterocycles. The van der Waals surface area contributed by atoms with E-state index in [9.17, 15) is 9.90 Å². The molecule has 1 fully saturated rings. The number of aromatic nitrogens is 2. The Labute approximate surface area is 171 Å². The summed E-state index contributed by atoms with van der Waals surface area (Å²) in [7, 11) is 0. The maximum Gasteiger partial charge on any atom is 0.413 e. The van der Waals surface area contributed by atoms with Crippen molar-refractivity contribution in [2.24, 2.45) is 0 Å². The fourth-order valence-electron chi connectivity index (χ4n) is 4.77. The average Bonchev–Trinajstić information content (AvgIpc) is 3.21. The molecule has 4 rings (SSSR count). The molecule has 0 atom stereocenters. The van der Waals surface area contributed by atoms with Gasteiger partial charge in [0.1, 0.15) is 5.66 Å². The summed E-state index contributed by atoms with van der Waals surface area (Å²) in [6.45, 7) is 2.93. The molecule has 29 heavy (non-hydrogen) atoms. The van der Waals surface area contributed by atoms with Crippen LogP contribution in [0.2, 0.25) is 0 Å². The van der Waals surface area contributed by atoms with E-state index in [1.54, 1.807) is 17.3 Å². The zero-order chi connectivity index (χ0) is 20.3. The minimum Gasteiger partial charge on any atom is -0.465 e. The molecule has 0 unspecified atom stereocenters. The Balaban J connectivity index is 1.87. The number of H-pyrrole nitrogens is 1. The molecule has 6 nitrogen and oxygen atoms in total. The normalized spacial score (nSPS) is 15.9. The summed E-state index contributed by atoms with van der Waals surface area (Å²) in [5.41, 5.74) is 2.15. The van der Waals surface area contributed by atoms with Crippen molar-refractivity contribution in [2.75, 3.05) is 16.3 Å². The summed E-state index contributed by atoms with van der Waals surface area (Å²) in [4.78, 5) is 24.0. The fourth-order valence-corrected chi connectivity index (χ4v) is 4.77. The Morgan fingerprint density at radius 3 is 2.55 bits per heavy atom. The number of amides is 1. The van der Waals surface area contributed by atoms with Gasteiger partial charge in [0.2, 0.25) is 0 Å². The van der Waals surface area contributed by atoms with Crippen LogP contribution in [0.25, 0.3) is 10.9 Å². The van der Waals surface area contributed by atoms with Gasteiger partial charge >= 0.3 is 6.09 Å². The summed E-state index contributed by atoms with van der Waals surface area (Å²) < 4.78 is 0. The second-order valence-corrected chi connectivity index (χ2v) is 7.77. The molecule has 0 spiro atoms. The van der Waals surface area contributed by atoms with Crippen molar-refractivity contribution >= 4 is 28.4 Å². The number of nitrogens with one attached hydrogen (secondary N) is 1. The van der Waals surface area contributed by atoms with E-state index in [-0.39, 0.29) is 0 Å². The van der Waals surface area contributed by atoms with E-state index < -0.39 is 11.8 Å². The number of carbonyl (C=O) groups is 1. The van der Waals surface area contributed by atoms with E-state index in [2.05, 4.69) is 21.8 Å². The summed E-state index contributed by atoms with van der Waals surface area (Å²) >= 11 is 0. The largest absolute Gasteiger partial charge is 0.465 e. The maximum absolute atomic E-state index is 12.7. The van der Waals surface area contributed by atoms with Gasteiger partial charge in [0.25, 0.3) is 0 Å². The summed E-state index contributed by atoms with van der Waals surface area (Å²) in [6.07, 6.45) is 10.3. The Morgan fingerprint density at radius 1 is 1.10 bits per heavy atom. The van der Waals surface area contributed by atoms with Gasteiger partial charge in [0.15, 0.2) is 0 Å². The van der Waals surface area contributed by atoms with Crippen LogP contribution in [0.4, 0.5) is 16.2 Å². The number of hydrogen-bond donors (Lipinski definition) is 2. The molecule has 1 saturated carbocycles. The minimum atomic E-state index is -0.906. The second kappa shape index (κ2) is 8.15. The van der Waals surface area contributed by atoms with E-state index in [1.807, 2.05) is 42.6 Å². The van der Waals surface area contributed by atoms with Crippen LogP contribution in [-0.4, -0.2) is 33.4 Å². The molecular weight excluding hydrogens is 364 g/mol. The van der Waals surface area contributed by atoms with Gasteiger partial charge in [-0.25, -0.2) is 4.79 Å². The zero-order valence-electron chi connectivity index (χ0n) is 16.8. The van der Waals surface area contributed by atoms with E-state index in [4.69, 9.17) is 0 Å². The smallest absolute Gasteiger partial charge is 0.413 e. The molecule has 6 heteroatoms. The van der Waals surface area contributed by atoms with Crippen molar-refractivity contribution in [3.8, 4) is 0 Å². The molecule has 3 aromatic rings. The third kappa shape index (κ3) is 3.55. The molecule has 1 aliphatic carbocycles. The standard InChI is InChI=1S/C23H28N4O2/c1-2-16-26(19-9-13-24-14-10-19)23(11-4-3-5-12-23)27(22(28)29)20-6-7-21-18(17-20)8-15-25-21/h6-10,13-15,17,25H,2-5,11-12,16H2,1H3,(H,28,29). The number of fused-ring (bicyclic) bond motifs is 1. The van der Waals surface area contributed by atoms with Crippen molar-refractivity contribution in [3.63, 3.8) is 0 Å². The number of rotatable bonds is 6. The van der Waals surface area contributed by atoms with E-state index >= 15 is 0 Å². The monoisotopic (exact) mass is 392 g/mol. The van der Waals surface area contributed by atoms with Crippen LogP contribution in [-0.2, 0) is 0 Å². The van der Waals surface area contributed by atoms with Gasteiger partial charge < -0.3 is 15.0 Å². The Hall–Kier alpha value is -3.02. The second-order valence-electron chi connectivity index (χ2n) is 7.77. The number of hydrogen-bond acceptors (Lipinski definition) is 3. The SMILES string of the molecule is CCCN(c1ccncc1)C1(N(C(=O)O)c2ccc3[nH]ccc3c2)CCCCC1. The first-order chi connectivity index (χ1) is 14.2. The van der Waals surface area contributed by atoms with Crippen LogP contribution in [0, 0.1) is 0 Å². The lowest BCUT2D eigenvalue weighted by Gasteiger charge is -2.53. The van der Waals surface area contributed by atoms with Crippen molar-refractivity contribution in [3.05, 3.63) is 55.0 Å². The van der Waals surface area contributed by atoms with Crippen LogP contribution in [0.5, 0.6) is 0 Å². The molecule has 0 radical (unpaired) electrons. The molecule has 0 saturated heterocycles. The first-order valence-electron chi connectivity index (χ1n) is 10.4. The highest BCUT2D eigenvalue weighted by molar-refractivity contribution is 5.93. The van der Waals surface area contributed by atoms with Crippen molar-refractivity contribution < 1.29 is 9.90 Å². The highest BCUT2D eigenvalue weighted by Gasteiger charge is 2.46. The van der Waals surface area contributed by atoms with Gasteiger partial charge in [-0.05, 0) is 68.5 Å². The first kappa shape index (κ1) is 19.3. The summed E-state index contributed by atoms with van der Waals surface area (Å²) in [5.74, 6) is 0. The van der Waals surface area contributed by atoms with Gasteiger partial charge in [0, 0.05) is 41.7 Å². The third-order valence-corrected chi connectivity index (χ3v) is 5.98. The summed E-state index contributed by atoms with van der Waals surface area (Å²) in [5, 5.41) is 11.4. The lowest BCUT2D eigenvalue weighted by molar-refractivity contribution is 0.179. The van der Waals surface area contributed by atoms with Crippen LogP contribution in [0.3, 0.4) is 0 Å². The fraction of sp³-hybridized carbons (Fsp3) is 0.391. The minimum absolute atomic E-state index is 0.606.